The number of amides is 1. The number of nitrogens with two attached hydrogens (primary N) is 2. The molecule has 1 aromatic carbocycles. The van der Waals surface area contributed by atoms with E-state index in [9.17, 15) is 13.2 Å². The molecule has 0 aromatic heterocycles. The third-order valence-corrected chi connectivity index (χ3v) is 4.18. The quantitative estimate of drug-likeness (QED) is 0.810. The van der Waals surface area contributed by atoms with Crippen LogP contribution in [0.3, 0.4) is 0 Å². The van der Waals surface area contributed by atoms with E-state index >= 15 is 0 Å². The van der Waals surface area contributed by atoms with Crippen LogP contribution in [0.4, 0.5) is 0 Å². The highest BCUT2D eigenvalue weighted by Crippen LogP contribution is 2.15. The fourth-order valence-corrected chi connectivity index (χ4v) is 3.70. The lowest BCUT2D eigenvalue weighted by atomic mass is 10.1. The lowest BCUT2D eigenvalue weighted by molar-refractivity contribution is 0.0999. The number of rotatable bonds is 5. The Morgan fingerprint density at radius 2 is 1.83 bits per heavy atom. The van der Waals surface area contributed by atoms with Crippen LogP contribution in [0.25, 0.3) is 0 Å². The summed E-state index contributed by atoms with van der Waals surface area (Å²) >= 11 is 0. The minimum absolute atomic E-state index is 0.146. The zero-order chi connectivity index (χ0) is 14.0. The van der Waals surface area contributed by atoms with Gasteiger partial charge in [0.25, 0.3) is 0 Å². The molecule has 18 heavy (non-hydrogen) atoms. The van der Waals surface area contributed by atoms with Crippen molar-refractivity contribution in [3.8, 4) is 0 Å². The monoisotopic (exact) mass is 270 g/mol. The molecule has 0 heterocycles. The van der Waals surface area contributed by atoms with Crippen molar-refractivity contribution in [3.63, 3.8) is 0 Å². The third-order valence-electron chi connectivity index (χ3n) is 2.25. The van der Waals surface area contributed by atoms with Gasteiger partial charge in [0.15, 0.2) is 9.84 Å². The molecule has 0 fully saturated rings. The summed E-state index contributed by atoms with van der Waals surface area (Å²) in [4.78, 5) is 11.2. The Morgan fingerprint density at radius 3 is 2.33 bits per heavy atom. The molecule has 1 rings (SSSR count). The van der Waals surface area contributed by atoms with E-state index < -0.39 is 21.3 Å². The fraction of sp³-hybridized carbons (Fsp3) is 0.417. The van der Waals surface area contributed by atoms with E-state index in [1.165, 1.54) is 6.07 Å². The van der Waals surface area contributed by atoms with Crippen LogP contribution in [0, 0.1) is 0 Å². The zero-order valence-corrected chi connectivity index (χ0v) is 11.3. The normalized spacial score (nSPS) is 12.4. The summed E-state index contributed by atoms with van der Waals surface area (Å²) in [7, 11) is -3.38. The highest BCUT2D eigenvalue weighted by atomic mass is 32.2. The first-order chi connectivity index (χ1) is 8.11. The molecule has 100 valence electrons. The largest absolute Gasteiger partial charge is 0.366 e. The molecule has 0 aliphatic rings. The summed E-state index contributed by atoms with van der Waals surface area (Å²) in [5, 5.41) is 0. The lowest BCUT2D eigenvalue weighted by Gasteiger charge is -2.18. The molecule has 4 N–H and O–H groups in total. The minimum Gasteiger partial charge on any atom is -0.366 e. The molecule has 0 unspecified atom stereocenters. The average Bonchev–Trinajstić information content (AvgIpc) is 2.13. The zero-order valence-electron chi connectivity index (χ0n) is 10.5. The van der Waals surface area contributed by atoms with Crippen LogP contribution in [0.1, 0.15) is 29.8 Å². The molecule has 0 atom stereocenters. The maximum atomic E-state index is 12.0. The van der Waals surface area contributed by atoms with Gasteiger partial charge in [0.1, 0.15) is 0 Å². The van der Waals surface area contributed by atoms with Crippen molar-refractivity contribution >= 4 is 15.7 Å². The Labute approximate surface area is 107 Å². The third kappa shape index (κ3) is 4.46. The van der Waals surface area contributed by atoms with Gasteiger partial charge in [0, 0.05) is 11.1 Å². The number of sulfone groups is 1. The molecule has 6 heteroatoms. The number of benzene rings is 1. The van der Waals surface area contributed by atoms with Crippen LogP contribution in [-0.2, 0) is 15.6 Å². The van der Waals surface area contributed by atoms with Crippen molar-refractivity contribution in [2.45, 2.75) is 25.1 Å². The first-order valence-corrected chi connectivity index (χ1v) is 7.30. The van der Waals surface area contributed by atoms with Crippen molar-refractivity contribution in [1.82, 2.24) is 0 Å². The molecule has 5 nitrogen and oxygen atoms in total. The molecular weight excluding hydrogens is 252 g/mol. The van der Waals surface area contributed by atoms with Gasteiger partial charge < -0.3 is 11.5 Å². The van der Waals surface area contributed by atoms with Crippen molar-refractivity contribution < 1.29 is 13.2 Å². The van der Waals surface area contributed by atoms with Gasteiger partial charge in [-0.1, -0.05) is 18.2 Å². The van der Waals surface area contributed by atoms with Crippen molar-refractivity contribution in [1.29, 1.82) is 0 Å². The van der Waals surface area contributed by atoms with Crippen molar-refractivity contribution in [2.24, 2.45) is 11.5 Å². The average molecular weight is 270 g/mol. The summed E-state index contributed by atoms with van der Waals surface area (Å²) in [6, 6.07) is 6.41. The van der Waals surface area contributed by atoms with Gasteiger partial charge in [-0.2, -0.15) is 0 Å². The molecule has 0 aliphatic heterocycles. The molecule has 0 spiro atoms. The molecule has 0 bridgehead atoms. The van der Waals surface area contributed by atoms with Gasteiger partial charge in [-0.05, 0) is 25.5 Å². The van der Waals surface area contributed by atoms with Crippen LogP contribution >= 0.6 is 0 Å². The van der Waals surface area contributed by atoms with E-state index in [4.69, 9.17) is 11.5 Å². The molecule has 1 amide bonds. The Balaban J connectivity index is 3.02. The summed E-state index contributed by atoms with van der Waals surface area (Å²) in [5.74, 6) is -1.01. The summed E-state index contributed by atoms with van der Waals surface area (Å²) in [6.45, 7) is 3.29. The van der Waals surface area contributed by atoms with Gasteiger partial charge in [-0.15, -0.1) is 0 Å². The van der Waals surface area contributed by atoms with Crippen molar-refractivity contribution in [2.75, 3.05) is 5.75 Å². The molecule has 0 saturated heterocycles. The van der Waals surface area contributed by atoms with Crippen LogP contribution in [0.5, 0.6) is 0 Å². The summed E-state index contributed by atoms with van der Waals surface area (Å²) in [6.07, 6.45) is 0. The van der Waals surface area contributed by atoms with Gasteiger partial charge in [0.05, 0.1) is 11.5 Å². The smallest absolute Gasteiger partial charge is 0.249 e. The van der Waals surface area contributed by atoms with Gasteiger partial charge in [0.2, 0.25) is 5.91 Å². The molecule has 0 saturated carbocycles. The van der Waals surface area contributed by atoms with Crippen LogP contribution in [-0.4, -0.2) is 25.6 Å². The molecule has 0 radical (unpaired) electrons. The number of carbonyl (C=O) groups excluding carboxylic acids is 1. The molecule has 1 aromatic rings. The van der Waals surface area contributed by atoms with Gasteiger partial charge in [-0.3, -0.25) is 4.79 Å². The van der Waals surface area contributed by atoms with Crippen molar-refractivity contribution in [3.05, 3.63) is 35.4 Å². The predicted molar refractivity (Wildman–Crippen MR) is 70.7 cm³/mol. The lowest BCUT2D eigenvalue weighted by Crippen LogP contribution is -2.40. The Bertz CT molecular complexity index is 545. The topological polar surface area (TPSA) is 103 Å². The number of hydrogen-bond acceptors (Lipinski definition) is 4. The Morgan fingerprint density at radius 1 is 1.28 bits per heavy atom. The fourth-order valence-electron chi connectivity index (χ4n) is 1.74. The highest BCUT2D eigenvalue weighted by Gasteiger charge is 2.23. The number of primary amides is 1. The number of carbonyl (C=O) groups is 1. The second kappa shape index (κ2) is 5.07. The molecular formula is C12H18N2O3S. The maximum absolute atomic E-state index is 12.0. The SMILES string of the molecule is CC(C)(N)CS(=O)(=O)Cc1ccccc1C(N)=O. The Kier molecular flexibility index (Phi) is 4.13. The van der Waals surface area contributed by atoms with E-state index in [1.807, 2.05) is 0 Å². The number of hydrogen-bond donors (Lipinski definition) is 2. The summed E-state index contributed by atoms with van der Waals surface area (Å²) in [5.41, 5.74) is 10.7. The van der Waals surface area contributed by atoms with Crippen LogP contribution in [0.15, 0.2) is 24.3 Å². The van der Waals surface area contributed by atoms with E-state index in [0.717, 1.165) is 0 Å². The van der Waals surface area contributed by atoms with Gasteiger partial charge >= 0.3 is 0 Å². The van der Waals surface area contributed by atoms with E-state index in [-0.39, 0.29) is 17.1 Å². The highest BCUT2D eigenvalue weighted by molar-refractivity contribution is 7.90. The second-order valence-corrected chi connectivity index (χ2v) is 7.11. The first kappa shape index (κ1) is 14.7. The predicted octanol–water partition coefficient (Wildman–Crippen LogP) is 0.438. The summed E-state index contributed by atoms with van der Waals surface area (Å²) < 4.78 is 23.9. The molecule has 0 aliphatic carbocycles. The van der Waals surface area contributed by atoms with E-state index in [1.54, 1.807) is 32.0 Å². The minimum atomic E-state index is -3.38. The van der Waals surface area contributed by atoms with Crippen LogP contribution < -0.4 is 11.5 Å². The van der Waals surface area contributed by atoms with E-state index in [0.29, 0.717) is 5.56 Å². The Hall–Kier alpha value is -1.40. The van der Waals surface area contributed by atoms with Crippen LogP contribution in [0.2, 0.25) is 0 Å². The second-order valence-electron chi connectivity index (χ2n) is 5.04. The van der Waals surface area contributed by atoms with Gasteiger partial charge in [-0.25, -0.2) is 8.42 Å². The maximum Gasteiger partial charge on any atom is 0.249 e. The standard InChI is InChI=1S/C12H18N2O3S/c1-12(2,14)8-18(16,17)7-9-5-3-4-6-10(9)11(13)15/h3-6H,7-8,14H2,1-2H3,(H2,13,15). The first-order valence-electron chi connectivity index (χ1n) is 5.48. The van der Waals surface area contributed by atoms with E-state index in [2.05, 4.69) is 0 Å².